The fourth-order valence-electron chi connectivity index (χ4n) is 6.73. The molecule has 0 spiro atoms. The van der Waals surface area contributed by atoms with Gasteiger partial charge in [0.1, 0.15) is 18.5 Å². The molecule has 2 atom stereocenters. The fraction of sp³-hybridized carbons (Fsp3) is 0.462. The minimum absolute atomic E-state index is 0.0320. The first kappa shape index (κ1) is 30.1. The fourth-order valence-corrected chi connectivity index (χ4v) is 6.73. The molecule has 0 saturated heterocycles. The Kier molecular flexibility index (Phi) is 11.3. The Morgan fingerprint density at radius 3 is 2.02 bits per heavy atom. The monoisotopic (exact) mass is 564 g/mol. The van der Waals surface area contributed by atoms with Crippen molar-refractivity contribution in [1.82, 2.24) is 0 Å². The highest BCUT2D eigenvalue weighted by Crippen LogP contribution is 2.40. The summed E-state index contributed by atoms with van der Waals surface area (Å²) in [6.07, 6.45) is 15.9. The highest BCUT2D eigenvalue weighted by molar-refractivity contribution is 6.02. The summed E-state index contributed by atoms with van der Waals surface area (Å²) in [5.41, 5.74) is 2.38. The van der Waals surface area contributed by atoms with Crippen LogP contribution in [0.25, 0.3) is 21.5 Å². The van der Waals surface area contributed by atoms with Gasteiger partial charge in [0.05, 0.1) is 0 Å². The highest BCUT2D eigenvalue weighted by Gasteiger charge is 2.31. The van der Waals surface area contributed by atoms with Crippen LogP contribution in [0.3, 0.4) is 0 Å². The third-order valence-electron chi connectivity index (χ3n) is 9.04. The van der Waals surface area contributed by atoms with Crippen molar-refractivity contribution in [2.24, 2.45) is 0 Å². The number of unbranched alkanes of at least 4 members (excludes halogenated alkanes) is 8. The van der Waals surface area contributed by atoms with Crippen molar-refractivity contribution in [2.45, 2.75) is 115 Å². The molecule has 3 heteroatoms. The molecule has 1 aliphatic carbocycles. The zero-order chi connectivity index (χ0) is 29.0. The molecule has 3 nitrogen and oxygen atoms in total. The molecule has 5 rings (SSSR count). The van der Waals surface area contributed by atoms with Crippen LogP contribution in [0.2, 0.25) is 0 Å². The molecule has 1 aliphatic rings. The number of esters is 1. The first-order valence-electron chi connectivity index (χ1n) is 16.5. The number of rotatable bonds is 15. The summed E-state index contributed by atoms with van der Waals surface area (Å²) in [5, 5.41) is 4.92. The molecular formula is C39H48O3. The Bertz CT molecular complexity index is 1370. The first-order chi connectivity index (χ1) is 20.7. The van der Waals surface area contributed by atoms with Gasteiger partial charge in [-0.3, -0.25) is 4.79 Å². The molecule has 0 radical (unpaired) electrons. The smallest absolute Gasteiger partial charge is 0.306 e. The summed E-state index contributed by atoms with van der Waals surface area (Å²) in [7, 11) is 0. The van der Waals surface area contributed by atoms with Gasteiger partial charge in [0, 0.05) is 23.5 Å². The van der Waals surface area contributed by atoms with Crippen molar-refractivity contribution >= 4 is 27.5 Å². The van der Waals surface area contributed by atoms with Crippen LogP contribution in [0, 0.1) is 0 Å². The number of para-hydroxylation sites is 1. The maximum Gasteiger partial charge on any atom is 0.306 e. The van der Waals surface area contributed by atoms with Gasteiger partial charge >= 0.3 is 5.97 Å². The second-order valence-electron chi connectivity index (χ2n) is 12.1. The SMILES string of the molecule is CCCCCCCCCCCC(=O)O[C@@H]1CCCC[C@H]1c1ccccc1OCc1c2ccccc2cc2ccccc12. The van der Waals surface area contributed by atoms with Crippen molar-refractivity contribution in [3.05, 3.63) is 90.0 Å². The highest BCUT2D eigenvalue weighted by atomic mass is 16.5. The van der Waals surface area contributed by atoms with Gasteiger partial charge in [-0.05, 0) is 59.4 Å². The number of ether oxygens (including phenoxy) is 2. The number of hydrogen-bond donors (Lipinski definition) is 0. The molecule has 0 aromatic heterocycles. The molecule has 1 saturated carbocycles. The Hall–Kier alpha value is -3.33. The van der Waals surface area contributed by atoms with E-state index < -0.39 is 0 Å². The topological polar surface area (TPSA) is 35.5 Å². The minimum Gasteiger partial charge on any atom is -0.489 e. The van der Waals surface area contributed by atoms with Crippen molar-refractivity contribution in [1.29, 1.82) is 0 Å². The van der Waals surface area contributed by atoms with Gasteiger partial charge in [0.2, 0.25) is 0 Å². The summed E-state index contributed by atoms with van der Waals surface area (Å²) >= 11 is 0. The number of hydrogen-bond acceptors (Lipinski definition) is 3. The lowest BCUT2D eigenvalue weighted by Crippen LogP contribution is -2.29. The van der Waals surface area contributed by atoms with E-state index >= 15 is 0 Å². The van der Waals surface area contributed by atoms with E-state index in [-0.39, 0.29) is 18.0 Å². The molecule has 1 fully saturated rings. The van der Waals surface area contributed by atoms with Crippen molar-refractivity contribution in [3.8, 4) is 5.75 Å². The van der Waals surface area contributed by atoms with Crippen molar-refractivity contribution in [2.75, 3.05) is 0 Å². The molecule has 4 aromatic carbocycles. The van der Waals surface area contributed by atoms with Gasteiger partial charge < -0.3 is 9.47 Å². The van der Waals surface area contributed by atoms with Crippen LogP contribution in [0.4, 0.5) is 0 Å². The molecular weight excluding hydrogens is 516 g/mol. The van der Waals surface area contributed by atoms with E-state index in [1.165, 1.54) is 77.6 Å². The number of fused-ring (bicyclic) bond motifs is 2. The second-order valence-corrected chi connectivity index (χ2v) is 12.1. The number of carbonyl (C=O) groups is 1. The summed E-state index contributed by atoms with van der Waals surface area (Å²) in [6, 6.07) is 27.8. The predicted molar refractivity (Wildman–Crippen MR) is 175 cm³/mol. The molecule has 42 heavy (non-hydrogen) atoms. The van der Waals surface area contributed by atoms with E-state index in [2.05, 4.69) is 79.7 Å². The second kappa shape index (κ2) is 15.8. The summed E-state index contributed by atoms with van der Waals surface area (Å²) < 4.78 is 12.8. The van der Waals surface area contributed by atoms with Gasteiger partial charge in [-0.2, -0.15) is 0 Å². The molecule has 0 amide bonds. The summed E-state index contributed by atoms with van der Waals surface area (Å²) in [6.45, 7) is 2.75. The molecule has 4 aromatic rings. The standard InChI is InChI=1S/C39H48O3/c1-2-3-4-5-6-7-8-9-10-27-39(40)42-38-26-18-16-24-35(38)34-23-15-17-25-37(34)41-29-36-32-21-13-11-19-30(32)28-31-20-12-14-22-33(31)36/h11-15,17,19-23,25,28,35,38H,2-10,16,18,24,26-27,29H2,1H3/t35-,38+/m0/s1. The molecule has 0 heterocycles. The lowest BCUT2D eigenvalue weighted by molar-refractivity contribution is -0.151. The third-order valence-corrected chi connectivity index (χ3v) is 9.04. The lowest BCUT2D eigenvalue weighted by Gasteiger charge is -2.32. The van der Waals surface area contributed by atoms with Crippen LogP contribution in [0.15, 0.2) is 78.9 Å². The van der Waals surface area contributed by atoms with E-state index in [0.717, 1.165) is 44.3 Å². The van der Waals surface area contributed by atoms with Crippen LogP contribution in [-0.2, 0) is 16.1 Å². The van der Waals surface area contributed by atoms with Gasteiger partial charge in [-0.15, -0.1) is 0 Å². The maximum absolute atomic E-state index is 12.9. The average molecular weight is 565 g/mol. The van der Waals surface area contributed by atoms with Gasteiger partial charge in [0.25, 0.3) is 0 Å². The predicted octanol–water partition coefficient (Wildman–Crippen LogP) is 11.1. The van der Waals surface area contributed by atoms with Crippen molar-refractivity contribution < 1.29 is 14.3 Å². The zero-order valence-corrected chi connectivity index (χ0v) is 25.5. The largest absolute Gasteiger partial charge is 0.489 e. The number of carbonyl (C=O) groups excluding carboxylic acids is 1. The maximum atomic E-state index is 12.9. The van der Waals surface area contributed by atoms with Crippen LogP contribution < -0.4 is 4.74 Å². The summed E-state index contributed by atoms with van der Waals surface area (Å²) in [4.78, 5) is 12.9. The molecule has 0 bridgehead atoms. The van der Waals surface area contributed by atoms with Crippen LogP contribution in [0.5, 0.6) is 5.75 Å². The van der Waals surface area contributed by atoms with Crippen LogP contribution >= 0.6 is 0 Å². The van der Waals surface area contributed by atoms with Gasteiger partial charge in [-0.25, -0.2) is 0 Å². The summed E-state index contributed by atoms with van der Waals surface area (Å²) in [5.74, 6) is 1.04. The Labute approximate surface area is 252 Å². The minimum atomic E-state index is -0.0760. The molecule has 0 N–H and O–H groups in total. The van der Waals surface area contributed by atoms with E-state index in [9.17, 15) is 4.79 Å². The normalized spacial score (nSPS) is 17.0. The quantitative estimate of drug-likeness (QED) is 0.0818. The first-order valence-corrected chi connectivity index (χ1v) is 16.5. The molecule has 222 valence electrons. The van der Waals surface area contributed by atoms with E-state index in [1.54, 1.807) is 0 Å². The van der Waals surface area contributed by atoms with E-state index in [4.69, 9.17) is 9.47 Å². The van der Waals surface area contributed by atoms with E-state index in [0.29, 0.717) is 13.0 Å². The van der Waals surface area contributed by atoms with Crippen molar-refractivity contribution in [3.63, 3.8) is 0 Å². The Balaban J connectivity index is 1.21. The van der Waals surface area contributed by atoms with Gasteiger partial charge in [-0.1, -0.05) is 131 Å². The Morgan fingerprint density at radius 2 is 1.31 bits per heavy atom. The van der Waals surface area contributed by atoms with Crippen LogP contribution in [0.1, 0.15) is 114 Å². The molecule has 0 aliphatic heterocycles. The third kappa shape index (κ3) is 7.94. The Morgan fingerprint density at radius 1 is 0.714 bits per heavy atom. The van der Waals surface area contributed by atoms with Gasteiger partial charge in [0.15, 0.2) is 0 Å². The van der Waals surface area contributed by atoms with Crippen LogP contribution in [-0.4, -0.2) is 12.1 Å². The van der Waals surface area contributed by atoms with E-state index in [1.807, 2.05) is 6.07 Å². The zero-order valence-electron chi connectivity index (χ0n) is 25.5. The number of benzene rings is 4. The molecule has 0 unspecified atom stereocenters. The lowest BCUT2D eigenvalue weighted by atomic mass is 9.81. The average Bonchev–Trinajstić information content (AvgIpc) is 3.03.